The number of hydrogen-bond donors (Lipinski definition) is 2. The van der Waals surface area contributed by atoms with Crippen molar-refractivity contribution in [3.63, 3.8) is 0 Å². The normalized spacial score (nSPS) is 10.7. The van der Waals surface area contributed by atoms with Gasteiger partial charge in [0.05, 0.1) is 36.7 Å². The van der Waals surface area contributed by atoms with Crippen LogP contribution in [0.5, 0.6) is 11.5 Å². The number of methoxy groups -OCH3 is 2. The minimum Gasteiger partial charge on any atom is -0.495 e. The third kappa shape index (κ3) is 4.98. The van der Waals surface area contributed by atoms with Crippen molar-refractivity contribution in [3.05, 3.63) is 82.7 Å². The highest BCUT2D eigenvalue weighted by atomic mass is 16.5. The predicted octanol–water partition coefficient (Wildman–Crippen LogP) is 6.30. The van der Waals surface area contributed by atoms with Crippen LogP contribution in [0.4, 0.5) is 11.4 Å². The molecule has 8 nitrogen and oxygen atoms in total. The molecule has 2 N–H and O–H groups in total. The van der Waals surface area contributed by atoms with Crippen LogP contribution >= 0.6 is 0 Å². The minimum atomic E-state index is -0.278. The molecule has 2 aromatic carbocycles. The van der Waals surface area contributed by atoms with E-state index in [9.17, 15) is 9.59 Å². The first-order chi connectivity index (χ1) is 17.2. The van der Waals surface area contributed by atoms with E-state index in [4.69, 9.17) is 18.3 Å². The van der Waals surface area contributed by atoms with Gasteiger partial charge < -0.3 is 28.9 Å². The number of nitrogens with one attached hydrogen (secondary N) is 2. The second kappa shape index (κ2) is 10.0. The highest BCUT2D eigenvalue weighted by Crippen LogP contribution is 2.35. The molecule has 2 heterocycles. The Hall–Kier alpha value is -4.46. The lowest BCUT2D eigenvalue weighted by molar-refractivity contribution is 0.101. The van der Waals surface area contributed by atoms with Crippen LogP contribution in [0.1, 0.15) is 43.8 Å². The smallest absolute Gasteiger partial charge is 0.259 e. The number of aryl methyl sites for hydroxylation is 4. The highest BCUT2D eigenvalue weighted by Gasteiger charge is 2.18. The Morgan fingerprint density at radius 1 is 0.639 bits per heavy atom. The Morgan fingerprint density at radius 3 is 1.33 bits per heavy atom. The van der Waals surface area contributed by atoms with E-state index in [0.717, 1.165) is 11.1 Å². The molecule has 0 aliphatic heterocycles. The van der Waals surface area contributed by atoms with Gasteiger partial charge in [-0.05, 0) is 75.2 Å². The van der Waals surface area contributed by atoms with Crippen LogP contribution in [-0.2, 0) is 0 Å². The van der Waals surface area contributed by atoms with Gasteiger partial charge in [-0.3, -0.25) is 9.59 Å². The van der Waals surface area contributed by atoms with E-state index in [1.165, 1.54) is 0 Å². The first kappa shape index (κ1) is 24.7. The topological polar surface area (TPSA) is 103 Å². The molecule has 0 fully saturated rings. The summed E-state index contributed by atoms with van der Waals surface area (Å²) in [5.41, 5.74) is 3.70. The molecule has 0 unspecified atom stereocenters. The lowest BCUT2D eigenvalue weighted by atomic mass is 10.0. The van der Waals surface area contributed by atoms with Crippen LogP contribution in [-0.4, -0.2) is 26.0 Å². The number of benzene rings is 2. The third-order valence-electron chi connectivity index (χ3n) is 5.80. The van der Waals surface area contributed by atoms with Gasteiger partial charge in [-0.1, -0.05) is 12.1 Å². The Morgan fingerprint density at radius 2 is 1.03 bits per heavy atom. The first-order valence-corrected chi connectivity index (χ1v) is 11.3. The van der Waals surface area contributed by atoms with Crippen molar-refractivity contribution in [2.24, 2.45) is 0 Å². The van der Waals surface area contributed by atoms with E-state index in [1.807, 2.05) is 24.3 Å². The zero-order valence-corrected chi connectivity index (χ0v) is 21.1. The van der Waals surface area contributed by atoms with E-state index in [0.29, 0.717) is 57.0 Å². The van der Waals surface area contributed by atoms with E-state index in [2.05, 4.69) is 10.6 Å². The number of carbonyl (C=O) groups excluding carboxylic acids is 2. The molecule has 0 saturated carbocycles. The zero-order chi connectivity index (χ0) is 26.0. The molecule has 4 aromatic rings. The fourth-order valence-electron chi connectivity index (χ4n) is 4.04. The molecular formula is C28H28N2O6. The summed E-state index contributed by atoms with van der Waals surface area (Å²) < 4.78 is 22.0. The number of hydrogen-bond acceptors (Lipinski definition) is 6. The van der Waals surface area contributed by atoms with Gasteiger partial charge >= 0.3 is 0 Å². The maximum Gasteiger partial charge on any atom is 0.259 e. The van der Waals surface area contributed by atoms with Crippen molar-refractivity contribution >= 4 is 23.2 Å². The summed E-state index contributed by atoms with van der Waals surface area (Å²) in [4.78, 5) is 25.4. The average molecular weight is 489 g/mol. The van der Waals surface area contributed by atoms with Gasteiger partial charge in [-0.15, -0.1) is 0 Å². The molecule has 0 saturated heterocycles. The summed E-state index contributed by atoms with van der Waals surface area (Å²) in [6.45, 7) is 7.09. The summed E-state index contributed by atoms with van der Waals surface area (Å²) in [5.74, 6) is 2.89. The number of ether oxygens (including phenoxy) is 2. The van der Waals surface area contributed by atoms with Gasteiger partial charge in [0.25, 0.3) is 11.8 Å². The standard InChI is InChI=1S/C28H28N2O6/c1-15-11-21(17(3)35-15)27(31)29-23-9-7-19(13-25(23)33-5)20-8-10-24(26(14-20)34-6)30-28(32)22-12-16(2)36-18(22)4/h7-14H,1-6H3,(H,29,31)(H,30,32). The van der Waals surface area contributed by atoms with Gasteiger partial charge in [-0.2, -0.15) is 0 Å². The molecule has 8 heteroatoms. The van der Waals surface area contributed by atoms with Gasteiger partial charge in [-0.25, -0.2) is 0 Å². The summed E-state index contributed by atoms with van der Waals surface area (Å²) >= 11 is 0. The Kier molecular flexibility index (Phi) is 6.87. The van der Waals surface area contributed by atoms with Crippen LogP contribution in [0.25, 0.3) is 11.1 Å². The lowest BCUT2D eigenvalue weighted by Gasteiger charge is -2.14. The van der Waals surface area contributed by atoms with Crippen molar-refractivity contribution in [2.75, 3.05) is 24.9 Å². The fourth-order valence-corrected chi connectivity index (χ4v) is 4.04. The van der Waals surface area contributed by atoms with Crippen LogP contribution in [0.15, 0.2) is 57.4 Å². The fraction of sp³-hybridized carbons (Fsp3) is 0.214. The minimum absolute atomic E-state index is 0.278. The van der Waals surface area contributed by atoms with Crippen LogP contribution < -0.4 is 20.1 Å². The average Bonchev–Trinajstić information content (AvgIpc) is 3.38. The number of anilines is 2. The molecule has 2 amide bonds. The second-order valence-corrected chi connectivity index (χ2v) is 8.39. The summed E-state index contributed by atoms with van der Waals surface area (Å²) in [6, 6.07) is 14.4. The van der Waals surface area contributed by atoms with E-state index in [1.54, 1.807) is 66.2 Å². The molecule has 0 spiro atoms. The van der Waals surface area contributed by atoms with Crippen LogP contribution in [0.3, 0.4) is 0 Å². The van der Waals surface area contributed by atoms with Gasteiger partial charge in [0.2, 0.25) is 0 Å². The van der Waals surface area contributed by atoms with Gasteiger partial charge in [0, 0.05) is 0 Å². The number of carbonyl (C=O) groups is 2. The van der Waals surface area contributed by atoms with Gasteiger partial charge in [0.15, 0.2) is 0 Å². The lowest BCUT2D eigenvalue weighted by Crippen LogP contribution is -2.13. The highest BCUT2D eigenvalue weighted by molar-refractivity contribution is 6.06. The van der Waals surface area contributed by atoms with Crippen molar-refractivity contribution in [3.8, 4) is 22.6 Å². The largest absolute Gasteiger partial charge is 0.495 e. The Labute approximate surface area is 209 Å². The van der Waals surface area contributed by atoms with E-state index >= 15 is 0 Å². The number of rotatable bonds is 7. The molecule has 0 aliphatic rings. The number of amides is 2. The van der Waals surface area contributed by atoms with Crippen LogP contribution in [0.2, 0.25) is 0 Å². The third-order valence-corrected chi connectivity index (χ3v) is 5.80. The van der Waals surface area contributed by atoms with Crippen molar-refractivity contribution < 1.29 is 27.9 Å². The van der Waals surface area contributed by atoms with E-state index in [-0.39, 0.29) is 11.8 Å². The molecule has 0 atom stereocenters. The Balaban J connectivity index is 1.57. The molecule has 4 rings (SSSR count). The number of furan rings is 2. The van der Waals surface area contributed by atoms with Crippen LogP contribution in [0, 0.1) is 27.7 Å². The SMILES string of the molecule is COc1cc(-c2ccc(NC(=O)c3cc(C)oc3C)c(OC)c2)ccc1NC(=O)c1cc(C)oc1C. The monoisotopic (exact) mass is 488 g/mol. The van der Waals surface area contributed by atoms with Crippen molar-refractivity contribution in [1.29, 1.82) is 0 Å². The molecule has 186 valence electrons. The molecule has 0 radical (unpaired) electrons. The summed E-state index contributed by atoms with van der Waals surface area (Å²) in [7, 11) is 3.08. The van der Waals surface area contributed by atoms with Crippen molar-refractivity contribution in [1.82, 2.24) is 0 Å². The molecule has 36 heavy (non-hydrogen) atoms. The van der Waals surface area contributed by atoms with E-state index < -0.39 is 0 Å². The molecule has 0 aliphatic carbocycles. The van der Waals surface area contributed by atoms with Crippen molar-refractivity contribution in [2.45, 2.75) is 27.7 Å². The summed E-state index contributed by atoms with van der Waals surface area (Å²) in [6.07, 6.45) is 0. The maximum absolute atomic E-state index is 12.7. The van der Waals surface area contributed by atoms with Gasteiger partial charge in [0.1, 0.15) is 34.5 Å². The molecular weight excluding hydrogens is 460 g/mol. The predicted molar refractivity (Wildman–Crippen MR) is 137 cm³/mol. The second-order valence-electron chi connectivity index (χ2n) is 8.39. The molecule has 2 aromatic heterocycles. The quantitative estimate of drug-likeness (QED) is 0.317. The summed E-state index contributed by atoms with van der Waals surface area (Å²) in [5, 5.41) is 5.76. The first-order valence-electron chi connectivity index (χ1n) is 11.3. The molecule has 0 bridgehead atoms. The zero-order valence-electron chi connectivity index (χ0n) is 21.1. The Bertz CT molecular complexity index is 1340. The maximum atomic E-state index is 12.7.